The van der Waals surface area contributed by atoms with E-state index in [0.29, 0.717) is 11.7 Å². The maximum atomic E-state index is 13.3. The summed E-state index contributed by atoms with van der Waals surface area (Å²) in [5.74, 6) is 0.0217. The number of rotatable bonds is 3. The molecule has 2 aliphatic rings. The number of piperidine rings is 1. The number of amides is 1. The minimum atomic E-state index is 0. The van der Waals surface area contributed by atoms with Gasteiger partial charge < -0.3 is 10.2 Å². The van der Waals surface area contributed by atoms with E-state index in [9.17, 15) is 4.79 Å². The highest BCUT2D eigenvalue weighted by molar-refractivity contribution is 5.93. The largest absolute Gasteiger partial charge is 0.330 e. The fourth-order valence-electron chi connectivity index (χ4n) is 4.37. The van der Waals surface area contributed by atoms with Crippen LogP contribution in [-0.2, 0) is 0 Å². The Morgan fingerprint density at radius 2 is 1.89 bits per heavy atom. The van der Waals surface area contributed by atoms with E-state index in [2.05, 4.69) is 46.8 Å². The molecule has 1 aromatic heterocycles. The van der Waals surface area contributed by atoms with Crippen molar-refractivity contribution in [1.82, 2.24) is 25.2 Å². The molecule has 2 fully saturated rings. The Kier molecular flexibility index (Phi) is 6.17. The van der Waals surface area contributed by atoms with Crippen molar-refractivity contribution in [1.29, 1.82) is 0 Å². The van der Waals surface area contributed by atoms with Gasteiger partial charge in [0.05, 0.1) is 17.8 Å². The second kappa shape index (κ2) is 8.40. The molecule has 0 spiro atoms. The first-order valence-electron chi connectivity index (χ1n) is 9.66. The molecule has 1 N–H and O–H groups in total. The molecule has 2 aromatic rings. The molecule has 1 aromatic carbocycles. The molecular weight excluding hydrogens is 362 g/mol. The third-order valence-electron chi connectivity index (χ3n) is 5.85. The van der Waals surface area contributed by atoms with Crippen LogP contribution < -0.4 is 5.32 Å². The number of benzene rings is 1. The van der Waals surface area contributed by atoms with Gasteiger partial charge >= 0.3 is 0 Å². The van der Waals surface area contributed by atoms with Crippen molar-refractivity contribution in [3.05, 3.63) is 46.8 Å². The van der Waals surface area contributed by atoms with Crippen molar-refractivity contribution in [2.45, 2.75) is 51.6 Å². The van der Waals surface area contributed by atoms with E-state index in [-0.39, 0.29) is 24.4 Å². The fourth-order valence-corrected chi connectivity index (χ4v) is 4.37. The Labute approximate surface area is 166 Å². The van der Waals surface area contributed by atoms with Crippen LogP contribution in [0.3, 0.4) is 0 Å². The molecule has 27 heavy (non-hydrogen) atoms. The summed E-state index contributed by atoms with van der Waals surface area (Å²) in [5, 5.41) is 12.0. The van der Waals surface area contributed by atoms with Crippen LogP contribution in [0, 0.1) is 13.8 Å². The molecule has 2 aliphatic heterocycles. The summed E-state index contributed by atoms with van der Waals surface area (Å²) < 4.78 is 1.97. The van der Waals surface area contributed by atoms with E-state index in [1.54, 1.807) is 0 Å². The maximum absolute atomic E-state index is 13.3. The summed E-state index contributed by atoms with van der Waals surface area (Å²) >= 11 is 0. The third kappa shape index (κ3) is 3.73. The predicted molar refractivity (Wildman–Crippen MR) is 107 cm³/mol. The van der Waals surface area contributed by atoms with Crippen LogP contribution in [-0.4, -0.2) is 45.4 Å². The second-order valence-electron chi connectivity index (χ2n) is 7.46. The minimum absolute atomic E-state index is 0. The average Bonchev–Trinajstić information content (AvgIpc) is 3.29. The monoisotopic (exact) mass is 389 g/mol. The van der Waals surface area contributed by atoms with Crippen molar-refractivity contribution >= 4 is 18.3 Å². The highest BCUT2D eigenvalue weighted by Gasteiger charge is 2.34. The molecule has 0 radical (unpaired) electrons. The van der Waals surface area contributed by atoms with Crippen LogP contribution in [0.15, 0.2) is 24.3 Å². The standard InChI is InChI=1S/C20H27N5O.ClH/c1-14-6-3-4-7-17(14)18-8-5-13-24(18)20(26)19-15(2)25(23-22-19)16-9-11-21-12-10-16;/h3-4,6-7,16,18,21H,5,8-13H2,1-2H3;1H. The number of aromatic nitrogens is 3. The summed E-state index contributed by atoms with van der Waals surface area (Å²) in [6, 6.07) is 8.86. The Balaban J connectivity index is 0.00000210. The van der Waals surface area contributed by atoms with Crippen molar-refractivity contribution < 1.29 is 4.79 Å². The number of halogens is 1. The summed E-state index contributed by atoms with van der Waals surface area (Å²) in [6.07, 6.45) is 4.12. The van der Waals surface area contributed by atoms with Gasteiger partial charge in [0, 0.05) is 6.54 Å². The van der Waals surface area contributed by atoms with Crippen LogP contribution in [0.25, 0.3) is 0 Å². The summed E-state index contributed by atoms with van der Waals surface area (Å²) in [5.41, 5.74) is 3.91. The number of hydrogen-bond acceptors (Lipinski definition) is 4. The molecule has 0 saturated carbocycles. The van der Waals surface area contributed by atoms with Crippen LogP contribution in [0.2, 0.25) is 0 Å². The zero-order valence-electron chi connectivity index (χ0n) is 16.0. The van der Waals surface area contributed by atoms with E-state index >= 15 is 0 Å². The van der Waals surface area contributed by atoms with Gasteiger partial charge in [0.2, 0.25) is 0 Å². The predicted octanol–water partition coefficient (Wildman–Crippen LogP) is 3.22. The second-order valence-corrected chi connectivity index (χ2v) is 7.46. The number of hydrogen-bond donors (Lipinski definition) is 1. The lowest BCUT2D eigenvalue weighted by Crippen LogP contribution is -2.32. The molecule has 7 heteroatoms. The minimum Gasteiger partial charge on any atom is -0.330 e. The van der Waals surface area contributed by atoms with E-state index in [1.165, 1.54) is 11.1 Å². The summed E-state index contributed by atoms with van der Waals surface area (Å²) in [6.45, 7) is 6.88. The van der Waals surface area contributed by atoms with Gasteiger partial charge in [-0.2, -0.15) is 0 Å². The van der Waals surface area contributed by atoms with Gasteiger partial charge in [-0.3, -0.25) is 4.79 Å². The number of aryl methyl sites for hydroxylation is 1. The van der Waals surface area contributed by atoms with Crippen LogP contribution in [0.4, 0.5) is 0 Å². The molecule has 0 aliphatic carbocycles. The van der Waals surface area contributed by atoms with Crippen molar-refractivity contribution in [2.24, 2.45) is 0 Å². The molecular formula is C20H28ClN5O. The van der Waals surface area contributed by atoms with E-state index in [0.717, 1.165) is 51.0 Å². The fraction of sp³-hybridized carbons (Fsp3) is 0.550. The highest BCUT2D eigenvalue weighted by atomic mass is 35.5. The number of likely N-dealkylation sites (tertiary alicyclic amines) is 1. The number of carbonyl (C=O) groups is 1. The first kappa shape index (κ1) is 19.8. The number of nitrogens with zero attached hydrogens (tertiary/aromatic N) is 4. The van der Waals surface area contributed by atoms with Crippen LogP contribution in [0.5, 0.6) is 0 Å². The Hall–Kier alpha value is -1.92. The van der Waals surface area contributed by atoms with E-state index in [4.69, 9.17) is 0 Å². The van der Waals surface area contributed by atoms with Crippen molar-refractivity contribution in [3.63, 3.8) is 0 Å². The number of carbonyl (C=O) groups excluding carboxylic acids is 1. The quantitative estimate of drug-likeness (QED) is 0.875. The Bertz CT molecular complexity index is 799. The van der Waals surface area contributed by atoms with E-state index < -0.39 is 0 Å². The van der Waals surface area contributed by atoms with Gasteiger partial charge in [-0.15, -0.1) is 17.5 Å². The SMILES string of the molecule is Cc1ccccc1C1CCCN1C(=O)c1nnn(C2CCNCC2)c1C.Cl. The average molecular weight is 390 g/mol. The van der Waals surface area contributed by atoms with Gasteiger partial charge in [-0.25, -0.2) is 4.68 Å². The van der Waals surface area contributed by atoms with Crippen LogP contribution >= 0.6 is 12.4 Å². The van der Waals surface area contributed by atoms with Crippen LogP contribution in [0.1, 0.15) is 65.1 Å². The molecule has 3 heterocycles. The normalized spacial score (nSPS) is 20.5. The van der Waals surface area contributed by atoms with Gasteiger partial charge in [0.1, 0.15) is 0 Å². The molecule has 1 unspecified atom stereocenters. The van der Waals surface area contributed by atoms with Gasteiger partial charge in [0.15, 0.2) is 5.69 Å². The molecule has 4 rings (SSSR count). The third-order valence-corrected chi connectivity index (χ3v) is 5.85. The van der Waals surface area contributed by atoms with Crippen molar-refractivity contribution in [3.8, 4) is 0 Å². The Morgan fingerprint density at radius 3 is 2.63 bits per heavy atom. The molecule has 0 bridgehead atoms. The van der Waals surface area contributed by atoms with E-state index in [1.807, 2.05) is 16.5 Å². The van der Waals surface area contributed by atoms with Gasteiger partial charge in [-0.1, -0.05) is 29.5 Å². The summed E-state index contributed by atoms with van der Waals surface area (Å²) in [4.78, 5) is 15.2. The zero-order valence-corrected chi connectivity index (χ0v) is 16.8. The molecule has 1 amide bonds. The molecule has 146 valence electrons. The van der Waals surface area contributed by atoms with Crippen molar-refractivity contribution in [2.75, 3.05) is 19.6 Å². The molecule has 1 atom stereocenters. The molecule has 2 saturated heterocycles. The number of nitrogens with one attached hydrogen (secondary N) is 1. The lowest BCUT2D eigenvalue weighted by molar-refractivity contribution is 0.0728. The lowest BCUT2D eigenvalue weighted by Gasteiger charge is -2.26. The summed E-state index contributed by atoms with van der Waals surface area (Å²) in [7, 11) is 0. The lowest BCUT2D eigenvalue weighted by atomic mass is 9.99. The topological polar surface area (TPSA) is 63.1 Å². The zero-order chi connectivity index (χ0) is 18.1. The molecule has 6 nitrogen and oxygen atoms in total. The smallest absolute Gasteiger partial charge is 0.276 e. The van der Waals surface area contributed by atoms with Gasteiger partial charge in [0.25, 0.3) is 5.91 Å². The van der Waals surface area contributed by atoms with Gasteiger partial charge in [-0.05, 0) is 63.7 Å². The first-order chi connectivity index (χ1) is 12.7. The Morgan fingerprint density at radius 1 is 1.15 bits per heavy atom. The maximum Gasteiger partial charge on any atom is 0.276 e. The first-order valence-corrected chi connectivity index (χ1v) is 9.66. The highest BCUT2D eigenvalue weighted by Crippen LogP contribution is 2.35.